The number of rotatable bonds is 3. The molecule has 2 rings (SSSR count). The molecule has 1 saturated heterocycles. The van der Waals surface area contributed by atoms with Crippen molar-refractivity contribution in [1.82, 2.24) is 0 Å². The Morgan fingerprint density at radius 2 is 2.15 bits per heavy atom. The van der Waals surface area contributed by atoms with Crippen LogP contribution >= 0.6 is 11.8 Å². The van der Waals surface area contributed by atoms with Crippen LogP contribution in [-0.4, -0.2) is 40.6 Å². The predicted octanol–water partition coefficient (Wildman–Crippen LogP) is -1.28. The molecule has 5 nitrogen and oxygen atoms in total. The maximum absolute atomic E-state index is 12.2. The van der Waals surface area contributed by atoms with E-state index in [0.717, 1.165) is 25.7 Å². The molecule has 5 atom stereocenters. The number of aliphatic hydroxyl groups is 1. The van der Waals surface area contributed by atoms with E-state index in [0.29, 0.717) is 4.90 Å². The lowest BCUT2D eigenvalue weighted by Gasteiger charge is -2.43. The Hall–Kier alpha value is -0.850. The van der Waals surface area contributed by atoms with Crippen LogP contribution in [0.15, 0.2) is 11.8 Å². The zero-order valence-electron chi connectivity index (χ0n) is 11.8. The van der Waals surface area contributed by atoms with Crippen molar-refractivity contribution < 1.29 is 24.7 Å². The lowest BCUT2D eigenvalue weighted by molar-refractivity contribution is -0.849. The van der Waals surface area contributed by atoms with Gasteiger partial charge in [0.2, 0.25) is 0 Å². The van der Waals surface area contributed by atoms with Gasteiger partial charge in [-0.2, -0.15) is 11.8 Å². The van der Waals surface area contributed by atoms with Gasteiger partial charge >= 0.3 is 5.91 Å². The number of amides is 1. The molecule has 2 aliphatic rings. The second kappa shape index (κ2) is 6.28. The van der Waals surface area contributed by atoms with Gasteiger partial charge in [0.25, 0.3) is 0 Å². The van der Waals surface area contributed by atoms with Crippen LogP contribution in [0.1, 0.15) is 32.6 Å². The van der Waals surface area contributed by atoms with Gasteiger partial charge in [-0.15, -0.1) is 0 Å². The maximum Gasteiger partial charge on any atom is 0.329 e. The first-order chi connectivity index (χ1) is 9.47. The topological polar surface area (TPSA) is 81.9 Å². The number of hydrogen-bond acceptors (Lipinski definition) is 5. The van der Waals surface area contributed by atoms with E-state index >= 15 is 0 Å². The van der Waals surface area contributed by atoms with Crippen molar-refractivity contribution in [3.05, 3.63) is 11.8 Å². The predicted molar refractivity (Wildman–Crippen MR) is 73.8 cm³/mol. The molecule has 20 heavy (non-hydrogen) atoms. The minimum absolute atomic E-state index is 0.0538. The van der Waals surface area contributed by atoms with Gasteiger partial charge in [-0.1, -0.05) is 6.42 Å². The molecule has 0 spiro atoms. The number of nitrogens with one attached hydrogen (secondary N) is 1. The van der Waals surface area contributed by atoms with Crippen molar-refractivity contribution in [3.8, 4) is 0 Å². The fourth-order valence-electron chi connectivity index (χ4n) is 3.27. The van der Waals surface area contributed by atoms with Crippen LogP contribution in [0.25, 0.3) is 0 Å². The molecule has 0 saturated carbocycles. The van der Waals surface area contributed by atoms with Gasteiger partial charge in [0.15, 0.2) is 11.6 Å². The monoisotopic (exact) mass is 299 g/mol. The Kier molecular flexibility index (Phi) is 4.88. The molecule has 0 aromatic carbocycles. The van der Waals surface area contributed by atoms with E-state index in [1.807, 2.05) is 6.26 Å². The number of hydrogen-bond donors (Lipinski definition) is 2. The maximum atomic E-state index is 12.2. The van der Waals surface area contributed by atoms with Crippen molar-refractivity contribution in [3.63, 3.8) is 0 Å². The zero-order chi connectivity index (χ0) is 14.9. The van der Waals surface area contributed by atoms with E-state index in [-0.39, 0.29) is 22.9 Å². The Morgan fingerprint density at radius 3 is 2.70 bits per heavy atom. The van der Waals surface area contributed by atoms with Crippen molar-refractivity contribution in [1.29, 1.82) is 0 Å². The van der Waals surface area contributed by atoms with Crippen LogP contribution in [-0.2, 0) is 9.59 Å². The quantitative estimate of drug-likeness (QED) is 0.634. The first-order valence-corrected chi connectivity index (χ1v) is 8.31. The highest BCUT2D eigenvalue weighted by Gasteiger charge is 2.57. The average Bonchev–Trinajstić information content (AvgIpc) is 2.45. The number of quaternary nitrogens is 1. The number of aliphatic hydroxyl groups excluding tert-OH is 1. The number of aliphatic carboxylic acids is 1. The SMILES string of the molecule is CS[C@@H]1C=C(C(=O)[O-])[NH+]2C(=O)[C@H](C(C)O)C2CCCC1. The summed E-state index contributed by atoms with van der Waals surface area (Å²) in [5.74, 6) is -1.94. The molecule has 1 fully saturated rings. The summed E-state index contributed by atoms with van der Waals surface area (Å²) in [6.07, 6.45) is 6.52. The van der Waals surface area contributed by atoms with Gasteiger partial charge in [-0.05, 0) is 32.1 Å². The first kappa shape index (κ1) is 15.5. The molecule has 0 aromatic rings. The number of carboxylic acid groups (broad SMARTS) is 1. The fraction of sp³-hybridized carbons (Fsp3) is 0.714. The molecule has 0 bridgehead atoms. The lowest BCUT2D eigenvalue weighted by Crippen LogP contribution is -3.26. The molecule has 6 heteroatoms. The van der Waals surface area contributed by atoms with E-state index in [4.69, 9.17) is 0 Å². The van der Waals surface area contributed by atoms with Gasteiger partial charge in [0.05, 0.1) is 6.10 Å². The number of carbonyl (C=O) groups excluding carboxylic acids is 2. The first-order valence-electron chi connectivity index (χ1n) is 7.02. The molecule has 0 radical (unpaired) electrons. The van der Waals surface area contributed by atoms with Crippen molar-refractivity contribution in [2.45, 2.75) is 50.0 Å². The van der Waals surface area contributed by atoms with Crippen molar-refractivity contribution in [2.24, 2.45) is 5.92 Å². The average molecular weight is 299 g/mol. The van der Waals surface area contributed by atoms with E-state index in [1.165, 1.54) is 0 Å². The highest BCUT2D eigenvalue weighted by molar-refractivity contribution is 7.99. The van der Waals surface area contributed by atoms with E-state index in [1.54, 1.807) is 24.8 Å². The van der Waals surface area contributed by atoms with Crippen LogP contribution in [0.3, 0.4) is 0 Å². The number of fused-ring (bicyclic) bond motifs is 1. The molecule has 2 heterocycles. The summed E-state index contributed by atoms with van der Waals surface area (Å²) in [6.45, 7) is 1.60. The molecule has 2 N–H and O–H groups in total. The van der Waals surface area contributed by atoms with E-state index < -0.39 is 18.0 Å². The third-order valence-electron chi connectivity index (χ3n) is 4.31. The number of thioether (sulfide) groups is 1. The largest absolute Gasteiger partial charge is 0.540 e. The van der Waals surface area contributed by atoms with Crippen LogP contribution < -0.4 is 10.0 Å². The minimum atomic E-state index is -1.27. The number of carboxylic acids is 1. The molecule has 0 aliphatic carbocycles. The van der Waals surface area contributed by atoms with Gasteiger partial charge in [0.1, 0.15) is 12.0 Å². The fourth-order valence-corrected chi connectivity index (χ4v) is 3.95. The summed E-state index contributed by atoms with van der Waals surface area (Å²) < 4.78 is 0. The second-order valence-electron chi connectivity index (χ2n) is 5.58. The van der Waals surface area contributed by atoms with Crippen LogP contribution in [0.5, 0.6) is 0 Å². The summed E-state index contributed by atoms with van der Waals surface area (Å²) in [5.41, 5.74) is 0.0538. The summed E-state index contributed by atoms with van der Waals surface area (Å²) in [7, 11) is 0. The Balaban J connectivity index is 2.33. The molecule has 112 valence electrons. The Bertz CT molecular complexity index is 435. The number of carbonyl (C=O) groups is 2. The lowest BCUT2D eigenvalue weighted by atomic mass is 9.80. The van der Waals surface area contributed by atoms with Crippen LogP contribution in [0.4, 0.5) is 0 Å². The third-order valence-corrected chi connectivity index (χ3v) is 5.29. The van der Waals surface area contributed by atoms with Crippen LogP contribution in [0.2, 0.25) is 0 Å². The van der Waals surface area contributed by atoms with E-state index in [9.17, 15) is 19.8 Å². The molecule has 2 aliphatic heterocycles. The van der Waals surface area contributed by atoms with Crippen molar-refractivity contribution >= 4 is 23.6 Å². The van der Waals surface area contributed by atoms with Crippen LogP contribution in [0, 0.1) is 5.92 Å². The molecular weight excluding hydrogens is 278 g/mol. The van der Waals surface area contributed by atoms with Gasteiger partial charge in [0, 0.05) is 11.7 Å². The Labute approximate surface area is 123 Å². The van der Waals surface area contributed by atoms with Crippen molar-refractivity contribution in [2.75, 3.05) is 6.26 Å². The smallest absolute Gasteiger partial charge is 0.329 e. The normalized spacial score (nSPS) is 35.8. The second-order valence-corrected chi connectivity index (χ2v) is 6.65. The highest BCUT2D eigenvalue weighted by Crippen LogP contribution is 2.25. The zero-order valence-corrected chi connectivity index (χ0v) is 12.6. The molecule has 0 aromatic heterocycles. The third kappa shape index (κ3) is 2.77. The summed E-state index contributed by atoms with van der Waals surface area (Å²) in [6, 6.07) is -0.132. The summed E-state index contributed by atoms with van der Waals surface area (Å²) >= 11 is 1.59. The molecule has 3 unspecified atom stereocenters. The van der Waals surface area contributed by atoms with Gasteiger partial charge < -0.3 is 15.0 Å². The van der Waals surface area contributed by atoms with E-state index in [2.05, 4.69) is 0 Å². The standard InChI is InChI=1S/C14H21NO4S/c1-8(16)12-10-6-4-3-5-9(20-2)7-11(14(18)19)15(10)13(12)17/h7-10,12,16H,3-6H2,1-2H3,(H,18,19)/t8?,9-,10?,12+/m0/s1. The van der Waals surface area contributed by atoms with Gasteiger partial charge in [-0.3, -0.25) is 0 Å². The van der Waals surface area contributed by atoms with Gasteiger partial charge in [-0.25, -0.2) is 9.69 Å². The Morgan fingerprint density at radius 1 is 1.50 bits per heavy atom. The minimum Gasteiger partial charge on any atom is -0.540 e. The highest BCUT2D eigenvalue weighted by atomic mass is 32.2. The summed E-state index contributed by atoms with van der Waals surface area (Å²) in [4.78, 5) is 23.9. The molecule has 1 amide bonds. The number of β-lactam (4-membered cyclic amide) rings is 1. The summed E-state index contributed by atoms with van der Waals surface area (Å²) in [5, 5.41) is 21.2. The molecular formula is C14H21NO4S.